The van der Waals surface area contributed by atoms with E-state index in [2.05, 4.69) is 11.4 Å². The molecule has 1 unspecified atom stereocenters. The third-order valence-corrected chi connectivity index (χ3v) is 2.53. The van der Waals surface area contributed by atoms with Crippen LogP contribution in [-0.4, -0.2) is 30.4 Å². The van der Waals surface area contributed by atoms with Crippen LogP contribution in [0.4, 0.5) is 0 Å². The van der Waals surface area contributed by atoms with E-state index in [1.54, 1.807) is 6.92 Å². The summed E-state index contributed by atoms with van der Waals surface area (Å²) in [6.45, 7) is 3.19. The molecular formula is C12H17NO2. The summed E-state index contributed by atoms with van der Waals surface area (Å²) in [7, 11) is 0. The van der Waals surface area contributed by atoms with Crippen molar-refractivity contribution < 1.29 is 9.84 Å². The van der Waals surface area contributed by atoms with Gasteiger partial charge in [0.2, 0.25) is 0 Å². The van der Waals surface area contributed by atoms with Crippen molar-refractivity contribution in [2.24, 2.45) is 0 Å². The van der Waals surface area contributed by atoms with Gasteiger partial charge in [0.05, 0.1) is 6.10 Å². The quantitative estimate of drug-likeness (QED) is 0.772. The van der Waals surface area contributed by atoms with Crippen molar-refractivity contribution in [1.29, 1.82) is 0 Å². The lowest BCUT2D eigenvalue weighted by atomic mass is 10.1. The molecule has 0 aliphatic carbocycles. The van der Waals surface area contributed by atoms with Gasteiger partial charge < -0.3 is 15.2 Å². The molecule has 3 nitrogen and oxygen atoms in total. The zero-order chi connectivity index (χ0) is 10.7. The predicted octanol–water partition coefficient (Wildman–Crippen LogP) is 0.960. The Bertz CT molecular complexity index is 300. The summed E-state index contributed by atoms with van der Waals surface area (Å²) in [5, 5.41) is 12.3. The molecule has 1 aromatic rings. The fraction of sp³-hybridized carbons (Fsp3) is 0.500. The maximum atomic E-state index is 9.10. The average Bonchev–Trinajstić information content (AvgIpc) is 2.59. The minimum atomic E-state index is -0.297. The van der Waals surface area contributed by atoms with E-state index in [-0.39, 0.29) is 12.2 Å². The number of benzene rings is 1. The molecule has 1 heterocycles. The van der Waals surface area contributed by atoms with Gasteiger partial charge in [-0.25, -0.2) is 0 Å². The summed E-state index contributed by atoms with van der Waals surface area (Å²) < 4.78 is 5.74. The number of para-hydroxylation sites is 1. The molecule has 1 aliphatic rings. The van der Waals surface area contributed by atoms with Gasteiger partial charge in [-0.3, -0.25) is 0 Å². The second-order valence-corrected chi connectivity index (χ2v) is 4.06. The molecule has 0 saturated carbocycles. The van der Waals surface area contributed by atoms with Crippen LogP contribution >= 0.6 is 0 Å². The van der Waals surface area contributed by atoms with Crippen LogP contribution < -0.4 is 10.1 Å². The van der Waals surface area contributed by atoms with Gasteiger partial charge in [-0.2, -0.15) is 0 Å². The lowest BCUT2D eigenvalue weighted by Crippen LogP contribution is -2.34. The van der Waals surface area contributed by atoms with Crippen LogP contribution in [-0.2, 0) is 6.42 Å². The van der Waals surface area contributed by atoms with Gasteiger partial charge >= 0.3 is 0 Å². The van der Waals surface area contributed by atoms with E-state index in [9.17, 15) is 0 Å². The van der Waals surface area contributed by atoms with Crippen molar-refractivity contribution in [3.05, 3.63) is 29.8 Å². The zero-order valence-corrected chi connectivity index (χ0v) is 8.94. The van der Waals surface area contributed by atoms with Crippen molar-refractivity contribution in [2.45, 2.75) is 25.6 Å². The standard InChI is InChI=1S/C12H17NO2/c1-9(14)7-13-8-11-6-10-4-2-3-5-12(10)15-11/h2-5,9,11,13-14H,6-8H2,1H3/t9-,11?/m1/s1. The largest absolute Gasteiger partial charge is 0.488 e. The number of hydrogen-bond acceptors (Lipinski definition) is 3. The first-order valence-electron chi connectivity index (χ1n) is 5.39. The summed E-state index contributed by atoms with van der Waals surface area (Å²) in [6, 6.07) is 8.13. The molecule has 2 rings (SSSR count). The highest BCUT2D eigenvalue weighted by molar-refractivity contribution is 5.37. The van der Waals surface area contributed by atoms with Gasteiger partial charge in [0.1, 0.15) is 11.9 Å². The normalized spacial score (nSPS) is 20.8. The van der Waals surface area contributed by atoms with Crippen LogP contribution in [0.15, 0.2) is 24.3 Å². The zero-order valence-electron chi connectivity index (χ0n) is 8.94. The molecule has 0 spiro atoms. The summed E-state index contributed by atoms with van der Waals surface area (Å²) in [4.78, 5) is 0. The number of aliphatic hydroxyl groups excluding tert-OH is 1. The van der Waals surface area contributed by atoms with E-state index < -0.39 is 0 Å². The maximum absolute atomic E-state index is 9.10. The van der Waals surface area contributed by atoms with E-state index in [0.29, 0.717) is 6.54 Å². The lowest BCUT2D eigenvalue weighted by molar-refractivity contribution is 0.177. The molecule has 0 radical (unpaired) electrons. The maximum Gasteiger partial charge on any atom is 0.123 e. The molecule has 82 valence electrons. The topological polar surface area (TPSA) is 41.5 Å². The van der Waals surface area contributed by atoms with Gasteiger partial charge in [-0.05, 0) is 18.6 Å². The van der Waals surface area contributed by atoms with Gasteiger partial charge in [0, 0.05) is 19.5 Å². The molecule has 2 atom stereocenters. The Kier molecular flexibility index (Phi) is 3.23. The minimum absolute atomic E-state index is 0.209. The molecule has 15 heavy (non-hydrogen) atoms. The summed E-state index contributed by atoms with van der Waals surface area (Å²) >= 11 is 0. The first-order chi connectivity index (χ1) is 7.25. The second kappa shape index (κ2) is 4.64. The summed E-state index contributed by atoms with van der Waals surface area (Å²) in [6.07, 6.45) is 0.873. The Hall–Kier alpha value is -1.06. The number of ether oxygens (including phenoxy) is 1. The van der Waals surface area contributed by atoms with Crippen LogP contribution in [0, 0.1) is 0 Å². The van der Waals surface area contributed by atoms with Crippen molar-refractivity contribution >= 4 is 0 Å². The van der Waals surface area contributed by atoms with Gasteiger partial charge in [-0.1, -0.05) is 18.2 Å². The molecule has 0 aromatic heterocycles. The van der Waals surface area contributed by atoms with Crippen molar-refractivity contribution in [2.75, 3.05) is 13.1 Å². The van der Waals surface area contributed by atoms with Crippen LogP contribution in [0.5, 0.6) is 5.75 Å². The van der Waals surface area contributed by atoms with Gasteiger partial charge in [0.25, 0.3) is 0 Å². The number of fused-ring (bicyclic) bond motifs is 1. The number of rotatable bonds is 4. The first kappa shape index (κ1) is 10.5. The van der Waals surface area contributed by atoms with Crippen molar-refractivity contribution in [3.63, 3.8) is 0 Å². The fourth-order valence-corrected chi connectivity index (χ4v) is 1.82. The van der Waals surface area contributed by atoms with Gasteiger partial charge in [0.15, 0.2) is 0 Å². The SMILES string of the molecule is C[C@@H](O)CNCC1Cc2ccccc2O1. The molecule has 0 bridgehead atoms. The molecule has 0 saturated heterocycles. The summed E-state index contributed by atoms with van der Waals surface area (Å²) in [5.74, 6) is 1.00. The minimum Gasteiger partial charge on any atom is -0.488 e. The Morgan fingerprint density at radius 2 is 2.33 bits per heavy atom. The third kappa shape index (κ3) is 2.70. The third-order valence-electron chi connectivity index (χ3n) is 2.53. The Labute approximate surface area is 90.1 Å². The van der Waals surface area contributed by atoms with Crippen LogP contribution in [0.25, 0.3) is 0 Å². The van der Waals surface area contributed by atoms with Crippen molar-refractivity contribution in [1.82, 2.24) is 5.32 Å². The monoisotopic (exact) mass is 207 g/mol. The Balaban J connectivity index is 1.80. The summed E-state index contributed by atoms with van der Waals surface area (Å²) in [5.41, 5.74) is 1.28. The van der Waals surface area contributed by atoms with Crippen molar-refractivity contribution in [3.8, 4) is 5.75 Å². The van der Waals surface area contributed by atoms with Crippen LogP contribution in [0.3, 0.4) is 0 Å². The lowest BCUT2D eigenvalue weighted by Gasteiger charge is -2.12. The fourth-order valence-electron chi connectivity index (χ4n) is 1.82. The molecule has 0 amide bonds. The number of nitrogens with one attached hydrogen (secondary N) is 1. The molecule has 1 aliphatic heterocycles. The van der Waals surface area contributed by atoms with E-state index in [1.807, 2.05) is 18.2 Å². The Morgan fingerprint density at radius 3 is 3.07 bits per heavy atom. The van der Waals surface area contributed by atoms with E-state index in [0.717, 1.165) is 18.7 Å². The highest BCUT2D eigenvalue weighted by Gasteiger charge is 2.21. The van der Waals surface area contributed by atoms with E-state index >= 15 is 0 Å². The molecular weight excluding hydrogens is 190 g/mol. The smallest absolute Gasteiger partial charge is 0.123 e. The van der Waals surface area contributed by atoms with Crippen LogP contribution in [0.1, 0.15) is 12.5 Å². The molecule has 3 heteroatoms. The molecule has 2 N–H and O–H groups in total. The number of aliphatic hydroxyl groups is 1. The number of hydrogen-bond donors (Lipinski definition) is 2. The van der Waals surface area contributed by atoms with Crippen LogP contribution in [0.2, 0.25) is 0 Å². The van der Waals surface area contributed by atoms with E-state index in [1.165, 1.54) is 5.56 Å². The second-order valence-electron chi connectivity index (χ2n) is 4.06. The highest BCUT2D eigenvalue weighted by atomic mass is 16.5. The highest BCUT2D eigenvalue weighted by Crippen LogP contribution is 2.27. The predicted molar refractivity (Wildman–Crippen MR) is 59.1 cm³/mol. The van der Waals surface area contributed by atoms with E-state index in [4.69, 9.17) is 9.84 Å². The molecule has 1 aromatic carbocycles. The van der Waals surface area contributed by atoms with Gasteiger partial charge in [-0.15, -0.1) is 0 Å². The molecule has 0 fully saturated rings. The Morgan fingerprint density at radius 1 is 1.53 bits per heavy atom. The first-order valence-corrected chi connectivity index (χ1v) is 5.39. The average molecular weight is 207 g/mol.